The number of fused-ring (bicyclic) bond motifs is 1. The molecule has 0 spiro atoms. The van der Waals surface area contributed by atoms with Crippen molar-refractivity contribution < 1.29 is 4.42 Å². The quantitative estimate of drug-likeness (QED) is 0.723. The lowest BCUT2D eigenvalue weighted by atomic mass is 10.3. The summed E-state index contributed by atoms with van der Waals surface area (Å²) >= 11 is 6.59. The summed E-state index contributed by atoms with van der Waals surface area (Å²) in [6, 6.07) is 9.57. The Morgan fingerprint density at radius 1 is 1.37 bits per heavy atom. The van der Waals surface area contributed by atoms with Gasteiger partial charge in [0, 0.05) is 5.69 Å². The Balaban J connectivity index is 1.62. The molecule has 19 heavy (non-hydrogen) atoms. The number of furan rings is 1. The molecule has 7 heteroatoms. The monoisotopic (exact) mass is 290 g/mol. The van der Waals surface area contributed by atoms with Crippen LogP contribution in [0.15, 0.2) is 41.0 Å². The molecule has 2 aromatic heterocycles. The van der Waals surface area contributed by atoms with Gasteiger partial charge in [0.05, 0.1) is 17.5 Å². The summed E-state index contributed by atoms with van der Waals surface area (Å²) in [5, 5.41) is 10.7. The van der Waals surface area contributed by atoms with Crippen LogP contribution in [0.1, 0.15) is 5.76 Å². The molecule has 0 saturated carbocycles. The molecule has 3 aromatic rings. The molecule has 0 fully saturated rings. The molecule has 0 radical (unpaired) electrons. The highest BCUT2D eigenvalue weighted by atomic mass is 32.1. The van der Waals surface area contributed by atoms with Crippen LogP contribution in [0.25, 0.3) is 10.2 Å². The first-order valence-corrected chi connectivity index (χ1v) is 6.79. The molecule has 0 aliphatic rings. The van der Waals surface area contributed by atoms with Crippen LogP contribution in [-0.4, -0.2) is 14.7 Å². The number of nitrogens with zero attached hydrogens (tertiary/aromatic N) is 2. The Kier molecular flexibility index (Phi) is 3.39. The number of hydrogen-bond acceptors (Lipinski definition) is 5. The number of anilines is 1. The van der Waals surface area contributed by atoms with E-state index in [1.54, 1.807) is 6.26 Å². The van der Waals surface area contributed by atoms with Gasteiger partial charge >= 0.3 is 0 Å². The van der Waals surface area contributed by atoms with Crippen molar-refractivity contribution in [1.29, 1.82) is 0 Å². The predicted octanol–water partition coefficient (Wildman–Crippen LogP) is 2.77. The van der Waals surface area contributed by atoms with E-state index in [2.05, 4.69) is 20.2 Å². The largest absolute Gasteiger partial charge is 0.467 e. The number of rotatable bonds is 3. The molecule has 1 aromatic carbocycles. The lowest BCUT2D eigenvalue weighted by molar-refractivity contribution is 0.503. The van der Waals surface area contributed by atoms with Crippen molar-refractivity contribution in [1.82, 2.24) is 14.9 Å². The van der Waals surface area contributed by atoms with Gasteiger partial charge in [0.25, 0.3) is 0 Å². The Morgan fingerprint density at radius 3 is 3.16 bits per heavy atom. The van der Waals surface area contributed by atoms with Crippen LogP contribution in [0, 0.1) is 0 Å². The van der Waals surface area contributed by atoms with Gasteiger partial charge in [-0.15, -0.1) is 5.10 Å². The molecular weight excluding hydrogens is 280 g/mol. The van der Waals surface area contributed by atoms with Crippen molar-refractivity contribution in [3.63, 3.8) is 0 Å². The van der Waals surface area contributed by atoms with Crippen molar-refractivity contribution >= 4 is 44.8 Å². The van der Waals surface area contributed by atoms with Crippen LogP contribution in [0.5, 0.6) is 0 Å². The molecule has 0 atom stereocenters. The van der Waals surface area contributed by atoms with Gasteiger partial charge in [0.15, 0.2) is 5.11 Å². The SMILES string of the molecule is S=C(NCc1ccco1)Nc1ccc2snnc2c1. The Labute approximate surface area is 118 Å². The molecule has 0 saturated heterocycles. The molecule has 2 N–H and O–H groups in total. The fourth-order valence-corrected chi connectivity index (χ4v) is 2.34. The number of benzene rings is 1. The van der Waals surface area contributed by atoms with Gasteiger partial charge < -0.3 is 15.1 Å². The van der Waals surface area contributed by atoms with Crippen molar-refractivity contribution in [3.8, 4) is 0 Å². The Bertz CT molecular complexity index is 693. The lowest BCUT2D eigenvalue weighted by Crippen LogP contribution is -2.27. The highest BCUT2D eigenvalue weighted by Crippen LogP contribution is 2.19. The van der Waals surface area contributed by atoms with Gasteiger partial charge in [-0.2, -0.15) is 0 Å². The van der Waals surface area contributed by atoms with Crippen molar-refractivity contribution in [2.75, 3.05) is 5.32 Å². The first kappa shape index (κ1) is 12.1. The third-order valence-corrected chi connectivity index (χ3v) is 3.46. The van der Waals surface area contributed by atoms with E-state index in [0.29, 0.717) is 11.7 Å². The molecule has 0 unspecified atom stereocenters. The average Bonchev–Trinajstić information content (AvgIpc) is 3.07. The third kappa shape index (κ3) is 2.88. The molecule has 0 bridgehead atoms. The Morgan fingerprint density at radius 2 is 2.32 bits per heavy atom. The first-order valence-electron chi connectivity index (χ1n) is 5.60. The molecule has 0 aliphatic carbocycles. The van der Waals surface area contributed by atoms with E-state index in [4.69, 9.17) is 16.6 Å². The lowest BCUT2D eigenvalue weighted by Gasteiger charge is -2.09. The topological polar surface area (TPSA) is 63.0 Å². The predicted molar refractivity (Wildman–Crippen MR) is 79.2 cm³/mol. The van der Waals surface area contributed by atoms with E-state index in [9.17, 15) is 0 Å². The summed E-state index contributed by atoms with van der Waals surface area (Å²) in [7, 11) is 0. The van der Waals surface area contributed by atoms with Crippen LogP contribution in [-0.2, 0) is 6.54 Å². The Hall–Kier alpha value is -1.99. The summed E-state index contributed by atoms with van der Waals surface area (Å²) in [4.78, 5) is 0. The smallest absolute Gasteiger partial charge is 0.171 e. The van der Waals surface area contributed by atoms with E-state index in [0.717, 1.165) is 21.7 Å². The average molecular weight is 290 g/mol. The summed E-state index contributed by atoms with van der Waals surface area (Å²) in [6.07, 6.45) is 1.64. The second kappa shape index (κ2) is 5.33. The zero-order chi connectivity index (χ0) is 13.1. The van der Waals surface area contributed by atoms with Gasteiger partial charge in [0.1, 0.15) is 11.3 Å². The molecular formula is C12H10N4OS2. The van der Waals surface area contributed by atoms with Gasteiger partial charge in [-0.3, -0.25) is 0 Å². The standard InChI is InChI=1S/C12H10N4OS2/c18-12(13-7-9-2-1-5-17-9)14-8-3-4-11-10(6-8)15-16-19-11/h1-6H,7H2,(H2,13,14,18). The molecule has 0 amide bonds. The zero-order valence-electron chi connectivity index (χ0n) is 9.79. The number of aromatic nitrogens is 2. The van der Waals surface area contributed by atoms with Gasteiger partial charge in [-0.25, -0.2) is 0 Å². The van der Waals surface area contributed by atoms with Crippen molar-refractivity contribution in [2.24, 2.45) is 0 Å². The van der Waals surface area contributed by atoms with Crippen LogP contribution < -0.4 is 10.6 Å². The highest BCUT2D eigenvalue weighted by molar-refractivity contribution is 7.80. The van der Waals surface area contributed by atoms with Crippen molar-refractivity contribution in [3.05, 3.63) is 42.4 Å². The zero-order valence-corrected chi connectivity index (χ0v) is 11.4. The van der Waals surface area contributed by atoms with Crippen LogP contribution in [0.3, 0.4) is 0 Å². The molecule has 3 rings (SSSR count). The normalized spacial score (nSPS) is 10.5. The minimum Gasteiger partial charge on any atom is -0.467 e. The van der Waals surface area contributed by atoms with E-state index >= 15 is 0 Å². The first-order chi connectivity index (χ1) is 9.31. The van der Waals surface area contributed by atoms with Crippen LogP contribution in [0.2, 0.25) is 0 Å². The van der Waals surface area contributed by atoms with Crippen molar-refractivity contribution in [2.45, 2.75) is 6.54 Å². The van der Waals surface area contributed by atoms with E-state index in [1.165, 1.54) is 11.5 Å². The molecule has 96 valence electrons. The minimum atomic E-state index is 0.541. The molecule has 5 nitrogen and oxygen atoms in total. The summed E-state index contributed by atoms with van der Waals surface area (Å²) in [5.74, 6) is 0.836. The highest BCUT2D eigenvalue weighted by Gasteiger charge is 2.02. The van der Waals surface area contributed by atoms with E-state index in [-0.39, 0.29) is 0 Å². The summed E-state index contributed by atoms with van der Waals surface area (Å²) in [6.45, 7) is 0.555. The number of thiocarbonyl (C=S) groups is 1. The van der Waals surface area contributed by atoms with Crippen LogP contribution in [0.4, 0.5) is 5.69 Å². The number of nitrogens with one attached hydrogen (secondary N) is 2. The third-order valence-electron chi connectivity index (χ3n) is 2.51. The second-order valence-electron chi connectivity index (χ2n) is 3.84. The van der Waals surface area contributed by atoms with Crippen LogP contribution >= 0.6 is 23.8 Å². The van der Waals surface area contributed by atoms with E-state index < -0.39 is 0 Å². The minimum absolute atomic E-state index is 0.541. The van der Waals surface area contributed by atoms with Gasteiger partial charge in [0.2, 0.25) is 0 Å². The van der Waals surface area contributed by atoms with Gasteiger partial charge in [-0.1, -0.05) is 4.49 Å². The maximum atomic E-state index is 5.21. The number of hydrogen-bond donors (Lipinski definition) is 2. The molecule has 0 aliphatic heterocycles. The fourth-order valence-electron chi connectivity index (χ4n) is 1.61. The maximum absolute atomic E-state index is 5.21. The van der Waals surface area contributed by atoms with Gasteiger partial charge in [-0.05, 0) is 54.1 Å². The fraction of sp³-hybridized carbons (Fsp3) is 0.0833. The van der Waals surface area contributed by atoms with E-state index in [1.807, 2.05) is 30.3 Å². The maximum Gasteiger partial charge on any atom is 0.171 e. The summed E-state index contributed by atoms with van der Waals surface area (Å²) < 4.78 is 10.2. The second-order valence-corrected chi connectivity index (χ2v) is 5.04. The summed E-state index contributed by atoms with van der Waals surface area (Å²) in [5.41, 5.74) is 1.75. The molecule has 2 heterocycles.